The van der Waals surface area contributed by atoms with Crippen molar-refractivity contribution in [3.63, 3.8) is 0 Å². The van der Waals surface area contributed by atoms with Gasteiger partial charge in [0.1, 0.15) is 5.82 Å². The van der Waals surface area contributed by atoms with E-state index in [4.69, 9.17) is 5.73 Å². The molecule has 2 N–H and O–H groups in total. The third kappa shape index (κ3) is 5.31. The predicted octanol–water partition coefficient (Wildman–Crippen LogP) is 2.37. The van der Waals surface area contributed by atoms with Gasteiger partial charge in [-0.25, -0.2) is 4.39 Å². The van der Waals surface area contributed by atoms with Crippen LogP contribution in [0.5, 0.6) is 0 Å². The highest BCUT2D eigenvalue weighted by molar-refractivity contribution is 5.37. The van der Waals surface area contributed by atoms with Gasteiger partial charge in [0.2, 0.25) is 0 Å². The molecule has 0 radical (unpaired) electrons. The lowest BCUT2D eigenvalue weighted by Crippen LogP contribution is -2.19. The molecule has 0 atom stereocenters. The van der Waals surface area contributed by atoms with Gasteiger partial charge in [0.15, 0.2) is 0 Å². The minimum Gasteiger partial charge on any atom is -0.320 e. The van der Waals surface area contributed by atoms with E-state index < -0.39 is 0 Å². The summed E-state index contributed by atoms with van der Waals surface area (Å²) in [5.41, 5.74) is 6.96. The molecule has 0 saturated carbocycles. The fraction of sp³-hybridized carbons (Fsp3) is 0.467. The summed E-state index contributed by atoms with van der Waals surface area (Å²) in [6.07, 6.45) is 2.33. The maximum atomic E-state index is 13.4. The van der Waals surface area contributed by atoms with Gasteiger partial charge in [0.25, 0.3) is 0 Å². The fourth-order valence-electron chi connectivity index (χ4n) is 1.79. The van der Waals surface area contributed by atoms with Crippen LogP contribution in [-0.4, -0.2) is 25.0 Å². The van der Waals surface area contributed by atoms with Crippen LogP contribution >= 0.6 is 0 Å². The second-order valence-electron chi connectivity index (χ2n) is 4.45. The predicted molar refractivity (Wildman–Crippen MR) is 73.6 cm³/mol. The Kier molecular flexibility index (Phi) is 6.42. The SMILES string of the molecule is CCCCN(C)Cc1cc(F)cc(C#CCN)c1. The van der Waals surface area contributed by atoms with Crippen molar-refractivity contribution in [3.05, 3.63) is 35.1 Å². The summed E-state index contributed by atoms with van der Waals surface area (Å²) < 4.78 is 13.4. The zero-order valence-corrected chi connectivity index (χ0v) is 11.2. The van der Waals surface area contributed by atoms with E-state index in [9.17, 15) is 4.39 Å². The number of hydrogen-bond donors (Lipinski definition) is 1. The molecule has 1 aromatic carbocycles. The van der Waals surface area contributed by atoms with Gasteiger partial charge in [0.05, 0.1) is 6.54 Å². The first-order valence-electron chi connectivity index (χ1n) is 6.32. The number of hydrogen-bond acceptors (Lipinski definition) is 2. The highest BCUT2D eigenvalue weighted by Gasteiger charge is 2.03. The molecule has 3 heteroatoms. The lowest BCUT2D eigenvalue weighted by Gasteiger charge is -2.16. The van der Waals surface area contributed by atoms with Gasteiger partial charge in [-0.3, -0.25) is 0 Å². The molecule has 1 aromatic rings. The molecular weight excluding hydrogens is 227 g/mol. The van der Waals surface area contributed by atoms with E-state index in [1.165, 1.54) is 12.5 Å². The largest absolute Gasteiger partial charge is 0.320 e. The maximum absolute atomic E-state index is 13.4. The summed E-state index contributed by atoms with van der Waals surface area (Å²) in [4.78, 5) is 2.19. The Morgan fingerprint density at radius 1 is 1.33 bits per heavy atom. The number of nitrogens with two attached hydrogens (primary N) is 1. The van der Waals surface area contributed by atoms with Crippen LogP contribution in [0.4, 0.5) is 4.39 Å². The first-order valence-corrected chi connectivity index (χ1v) is 6.32. The second-order valence-corrected chi connectivity index (χ2v) is 4.45. The molecular formula is C15H21FN2. The lowest BCUT2D eigenvalue weighted by molar-refractivity contribution is 0.320. The minimum atomic E-state index is -0.238. The summed E-state index contributed by atoms with van der Waals surface area (Å²) in [5.74, 6) is 5.37. The van der Waals surface area contributed by atoms with Crippen molar-refractivity contribution in [2.45, 2.75) is 26.3 Å². The molecule has 0 saturated heterocycles. The van der Waals surface area contributed by atoms with Crippen molar-refractivity contribution in [1.29, 1.82) is 0 Å². The molecule has 0 amide bonds. The van der Waals surface area contributed by atoms with Crippen LogP contribution in [0.15, 0.2) is 18.2 Å². The average molecular weight is 248 g/mol. The molecule has 0 aliphatic carbocycles. The molecule has 0 aromatic heterocycles. The van der Waals surface area contributed by atoms with Crippen molar-refractivity contribution in [2.75, 3.05) is 20.1 Å². The average Bonchev–Trinajstić information content (AvgIpc) is 2.33. The lowest BCUT2D eigenvalue weighted by atomic mass is 10.1. The summed E-state index contributed by atoms with van der Waals surface area (Å²) in [5, 5.41) is 0. The minimum absolute atomic E-state index is 0.238. The first kappa shape index (κ1) is 14.7. The van der Waals surface area contributed by atoms with E-state index in [1.54, 1.807) is 6.07 Å². The quantitative estimate of drug-likeness (QED) is 0.811. The number of unbranched alkanes of at least 4 members (excludes halogenated alkanes) is 1. The Balaban J connectivity index is 2.73. The van der Waals surface area contributed by atoms with Crippen LogP contribution in [0.1, 0.15) is 30.9 Å². The first-order chi connectivity index (χ1) is 8.65. The molecule has 2 nitrogen and oxygen atoms in total. The van der Waals surface area contributed by atoms with Gasteiger partial charge in [-0.15, -0.1) is 0 Å². The Bertz CT molecular complexity index is 432. The standard InChI is InChI=1S/C15H21FN2/c1-3-4-8-18(2)12-14-9-13(6-5-7-17)10-15(16)11-14/h9-11H,3-4,7-8,12,17H2,1-2H3. The van der Waals surface area contributed by atoms with E-state index in [0.717, 1.165) is 25.1 Å². The molecule has 0 heterocycles. The summed E-state index contributed by atoms with van der Waals surface area (Å²) in [7, 11) is 2.05. The molecule has 18 heavy (non-hydrogen) atoms. The summed E-state index contributed by atoms with van der Waals surface area (Å²) >= 11 is 0. The van der Waals surface area contributed by atoms with Gasteiger partial charge >= 0.3 is 0 Å². The van der Waals surface area contributed by atoms with E-state index >= 15 is 0 Å². The van der Waals surface area contributed by atoms with E-state index in [1.807, 2.05) is 13.1 Å². The van der Waals surface area contributed by atoms with Gasteiger partial charge < -0.3 is 10.6 Å². The molecule has 0 aliphatic heterocycles. The fourth-order valence-corrected chi connectivity index (χ4v) is 1.79. The van der Waals surface area contributed by atoms with Crippen LogP contribution < -0.4 is 5.73 Å². The smallest absolute Gasteiger partial charge is 0.124 e. The summed E-state index contributed by atoms with van der Waals surface area (Å²) in [6, 6.07) is 4.93. The molecule has 0 fully saturated rings. The van der Waals surface area contributed by atoms with E-state index in [-0.39, 0.29) is 5.82 Å². The zero-order valence-electron chi connectivity index (χ0n) is 11.2. The number of halogens is 1. The number of benzene rings is 1. The Labute approximate surface area is 109 Å². The Hall–Kier alpha value is -1.37. The zero-order chi connectivity index (χ0) is 13.4. The van der Waals surface area contributed by atoms with Crippen LogP contribution in [0, 0.1) is 17.7 Å². The van der Waals surface area contributed by atoms with Gasteiger partial charge in [-0.05, 0) is 43.8 Å². The Morgan fingerprint density at radius 2 is 2.11 bits per heavy atom. The second kappa shape index (κ2) is 7.86. The van der Waals surface area contributed by atoms with Crippen molar-refractivity contribution in [1.82, 2.24) is 4.90 Å². The topological polar surface area (TPSA) is 29.3 Å². The Morgan fingerprint density at radius 3 is 2.78 bits per heavy atom. The normalized spacial score (nSPS) is 10.3. The number of rotatable bonds is 5. The molecule has 0 spiro atoms. The maximum Gasteiger partial charge on any atom is 0.124 e. The van der Waals surface area contributed by atoms with E-state index in [2.05, 4.69) is 23.7 Å². The monoisotopic (exact) mass is 248 g/mol. The van der Waals surface area contributed by atoms with Crippen molar-refractivity contribution < 1.29 is 4.39 Å². The molecule has 1 rings (SSSR count). The third-order valence-electron chi connectivity index (χ3n) is 2.64. The van der Waals surface area contributed by atoms with Crippen LogP contribution in [0.25, 0.3) is 0 Å². The molecule has 0 bridgehead atoms. The van der Waals surface area contributed by atoms with Crippen molar-refractivity contribution >= 4 is 0 Å². The highest BCUT2D eigenvalue weighted by atomic mass is 19.1. The van der Waals surface area contributed by atoms with Crippen LogP contribution in [0.3, 0.4) is 0 Å². The summed E-state index contributed by atoms with van der Waals surface area (Å²) in [6.45, 7) is 4.23. The number of nitrogens with zero attached hydrogens (tertiary/aromatic N) is 1. The third-order valence-corrected chi connectivity index (χ3v) is 2.64. The molecule has 98 valence electrons. The van der Waals surface area contributed by atoms with Gasteiger partial charge in [0, 0.05) is 12.1 Å². The van der Waals surface area contributed by atoms with Gasteiger partial charge in [-0.2, -0.15) is 0 Å². The van der Waals surface area contributed by atoms with Crippen LogP contribution in [0.2, 0.25) is 0 Å². The molecule has 0 unspecified atom stereocenters. The van der Waals surface area contributed by atoms with Crippen LogP contribution in [-0.2, 0) is 6.54 Å². The highest BCUT2D eigenvalue weighted by Crippen LogP contribution is 2.11. The molecule has 0 aliphatic rings. The van der Waals surface area contributed by atoms with Crippen molar-refractivity contribution in [3.8, 4) is 11.8 Å². The van der Waals surface area contributed by atoms with E-state index in [0.29, 0.717) is 12.1 Å². The van der Waals surface area contributed by atoms with Crippen molar-refractivity contribution in [2.24, 2.45) is 5.73 Å². The van der Waals surface area contributed by atoms with Gasteiger partial charge in [-0.1, -0.05) is 25.2 Å².